The molecule has 1 aromatic rings. The predicted octanol–water partition coefficient (Wildman–Crippen LogP) is 3.61. The van der Waals surface area contributed by atoms with Gasteiger partial charge in [-0.2, -0.15) is 9.37 Å². The number of hydrogen-bond acceptors (Lipinski definition) is 5. The Kier molecular flexibility index (Phi) is 6.48. The maximum absolute atomic E-state index is 13.4. The third-order valence-corrected chi connectivity index (χ3v) is 3.58. The molecule has 0 aliphatic rings. The van der Waals surface area contributed by atoms with E-state index >= 15 is 0 Å². The van der Waals surface area contributed by atoms with Gasteiger partial charge in [-0.25, -0.2) is 4.79 Å². The van der Waals surface area contributed by atoms with E-state index in [2.05, 4.69) is 4.98 Å². The summed E-state index contributed by atoms with van der Waals surface area (Å²) in [7, 11) is 0. The van der Waals surface area contributed by atoms with Crippen molar-refractivity contribution in [3.63, 3.8) is 0 Å². The fraction of sp³-hybridized carbons (Fsp3) is 0.538. The third-order valence-electron chi connectivity index (χ3n) is 2.86. The van der Waals surface area contributed by atoms with Crippen molar-refractivity contribution >= 4 is 34.9 Å². The van der Waals surface area contributed by atoms with E-state index in [0.717, 1.165) is 0 Å². The Morgan fingerprint density at radius 1 is 1.33 bits per heavy atom. The zero-order chi connectivity index (χ0) is 16.2. The second-order valence-corrected chi connectivity index (χ2v) is 5.14. The number of carbonyl (C=O) groups is 1. The number of hydrogen-bond donors (Lipinski definition) is 1. The van der Waals surface area contributed by atoms with E-state index in [-0.39, 0.29) is 27.7 Å². The Bertz CT molecular complexity index is 525. The molecule has 0 bridgehead atoms. The number of esters is 1. The highest BCUT2D eigenvalue weighted by molar-refractivity contribution is 6.39. The Morgan fingerprint density at radius 3 is 2.43 bits per heavy atom. The van der Waals surface area contributed by atoms with Gasteiger partial charge in [0.2, 0.25) is 11.8 Å². The molecule has 0 amide bonds. The third kappa shape index (κ3) is 4.35. The fourth-order valence-electron chi connectivity index (χ4n) is 1.52. The van der Waals surface area contributed by atoms with E-state index in [0.29, 0.717) is 12.8 Å². The summed E-state index contributed by atoms with van der Waals surface area (Å²) in [6.45, 7) is 5.26. The van der Waals surface area contributed by atoms with Crippen LogP contribution < -0.4 is 10.5 Å². The van der Waals surface area contributed by atoms with Crippen LogP contribution in [-0.4, -0.2) is 23.2 Å². The van der Waals surface area contributed by atoms with E-state index in [1.807, 2.05) is 13.8 Å². The van der Waals surface area contributed by atoms with E-state index in [9.17, 15) is 9.18 Å². The van der Waals surface area contributed by atoms with Crippen molar-refractivity contribution in [2.45, 2.75) is 45.8 Å². The summed E-state index contributed by atoms with van der Waals surface area (Å²) in [5.74, 6) is -1.91. The SMILES string of the molecule is CCC(CC)OC(=O)[C@@H](C)Oc1nc(F)c(Cl)c(N)c1Cl. The number of nitrogens with two attached hydrogens (primary N) is 1. The van der Waals surface area contributed by atoms with E-state index in [4.69, 9.17) is 38.4 Å². The second-order valence-electron chi connectivity index (χ2n) is 4.38. The molecule has 0 spiro atoms. The number of halogens is 3. The minimum atomic E-state index is -1.02. The molecule has 0 saturated carbocycles. The van der Waals surface area contributed by atoms with Crippen LogP contribution in [0.5, 0.6) is 5.88 Å². The molecular weight excluding hydrogens is 322 g/mol. The molecule has 1 rings (SSSR count). The number of anilines is 1. The number of pyridine rings is 1. The first kappa shape index (κ1) is 17.8. The highest BCUT2D eigenvalue weighted by Crippen LogP contribution is 2.35. The van der Waals surface area contributed by atoms with Gasteiger partial charge < -0.3 is 15.2 Å². The quantitative estimate of drug-likeness (QED) is 0.633. The fourth-order valence-corrected chi connectivity index (χ4v) is 1.89. The Balaban J connectivity index is 2.84. The molecular formula is C13H17Cl2FN2O3. The molecule has 0 fully saturated rings. The molecule has 8 heteroatoms. The molecule has 118 valence electrons. The lowest BCUT2D eigenvalue weighted by Gasteiger charge is -2.19. The Hall–Kier alpha value is -1.27. The summed E-state index contributed by atoms with van der Waals surface area (Å²) in [5, 5.41) is -0.539. The van der Waals surface area contributed by atoms with Gasteiger partial charge in [0.25, 0.3) is 0 Å². The molecule has 0 unspecified atom stereocenters. The van der Waals surface area contributed by atoms with Crippen LogP contribution in [0.15, 0.2) is 0 Å². The van der Waals surface area contributed by atoms with Crippen molar-refractivity contribution in [3.8, 4) is 5.88 Å². The number of nitrogen functional groups attached to an aromatic ring is 1. The maximum Gasteiger partial charge on any atom is 0.347 e. The Morgan fingerprint density at radius 2 is 1.90 bits per heavy atom. The van der Waals surface area contributed by atoms with Crippen molar-refractivity contribution in [3.05, 3.63) is 16.0 Å². The topological polar surface area (TPSA) is 74.4 Å². The normalized spacial score (nSPS) is 12.3. The summed E-state index contributed by atoms with van der Waals surface area (Å²) >= 11 is 11.4. The summed E-state index contributed by atoms with van der Waals surface area (Å²) < 4.78 is 23.9. The van der Waals surface area contributed by atoms with E-state index in [1.54, 1.807) is 0 Å². The smallest absolute Gasteiger partial charge is 0.347 e. The average molecular weight is 339 g/mol. The second kappa shape index (κ2) is 7.66. The van der Waals surface area contributed by atoms with Gasteiger partial charge in [-0.05, 0) is 19.8 Å². The highest BCUT2D eigenvalue weighted by Gasteiger charge is 2.23. The monoisotopic (exact) mass is 338 g/mol. The lowest BCUT2D eigenvalue weighted by molar-refractivity contribution is -0.157. The van der Waals surface area contributed by atoms with Crippen LogP contribution in [0.4, 0.5) is 10.1 Å². The molecule has 0 aliphatic heterocycles. The summed E-state index contributed by atoms with van der Waals surface area (Å²) in [6, 6.07) is 0. The van der Waals surface area contributed by atoms with Crippen LogP contribution in [0.3, 0.4) is 0 Å². The number of rotatable bonds is 6. The number of aromatic nitrogens is 1. The molecule has 1 atom stereocenters. The first-order valence-electron chi connectivity index (χ1n) is 6.48. The molecule has 2 N–H and O–H groups in total. The van der Waals surface area contributed by atoms with Crippen molar-refractivity contribution in [2.24, 2.45) is 0 Å². The highest BCUT2D eigenvalue weighted by atomic mass is 35.5. The van der Waals surface area contributed by atoms with Gasteiger partial charge in [-0.1, -0.05) is 37.0 Å². The van der Waals surface area contributed by atoms with Crippen LogP contribution in [-0.2, 0) is 9.53 Å². The van der Waals surface area contributed by atoms with E-state index in [1.165, 1.54) is 6.92 Å². The first-order valence-corrected chi connectivity index (χ1v) is 7.24. The van der Waals surface area contributed by atoms with Gasteiger partial charge in [0.05, 0.1) is 5.69 Å². The molecule has 0 aliphatic carbocycles. The molecule has 1 aromatic heterocycles. The molecule has 0 aromatic carbocycles. The van der Waals surface area contributed by atoms with Crippen molar-refractivity contribution < 1.29 is 18.7 Å². The maximum atomic E-state index is 13.4. The summed E-state index contributed by atoms with van der Waals surface area (Å²) in [5.41, 5.74) is 5.33. The summed E-state index contributed by atoms with van der Waals surface area (Å²) in [6.07, 6.45) is 0.182. The zero-order valence-electron chi connectivity index (χ0n) is 12.0. The van der Waals surface area contributed by atoms with Gasteiger partial charge in [0.15, 0.2) is 6.10 Å². The predicted molar refractivity (Wildman–Crippen MR) is 79.2 cm³/mol. The van der Waals surface area contributed by atoms with Crippen LogP contribution in [0, 0.1) is 5.95 Å². The standard InChI is InChI=1S/C13H17Cl2FN2O3/c1-4-7(5-2)21-13(19)6(3)20-12-9(15)10(17)8(14)11(16)18-12/h6-7H,4-5H2,1-3H3,(H2,17,18)/t6-/m1/s1. The minimum Gasteiger partial charge on any atom is -0.461 e. The molecule has 0 radical (unpaired) electrons. The lowest BCUT2D eigenvalue weighted by atomic mass is 10.2. The minimum absolute atomic E-state index is 0.149. The van der Waals surface area contributed by atoms with Gasteiger partial charge in [-0.3, -0.25) is 0 Å². The average Bonchev–Trinajstić information content (AvgIpc) is 2.47. The zero-order valence-corrected chi connectivity index (χ0v) is 13.5. The van der Waals surface area contributed by atoms with Crippen LogP contribution in [0.2, 0.25) is 10.0 Å². The molecule has 21 heavy (non-hydrogen) atoms. The Labute approximate surface area is 132 Å². The van der Waals surface area contributed by atoms with Gasteiger partial charge in [0.1, 0.15) is 16.1 Å². The van der Waals surface area contributed by atoms with Crippen molar-refractivity contribution in [2.75, 3.05) is 5.73 Å². The lowest BCUT2D eigenvalue weighted by Crippen LogP contribution is -2.30. The molecule has 0 saturated heterocycles. The van der Waals surface area contributed by atoms with Crippen LogP contribution >= 0.6 is 23.2 Å². The first-order chi connectivity index (χ1) is 9.81. The van der Waals surface area contributed by atoms with Gasteiger partial charge in [-0.15, -0.1) is 0 Å². The van der Waals surface area contributed by atoms with E-state index < -0.39 is 18.0 Å². The van der Waals surface area contributed by atoms with Crippen LogP contribution in [0.1, 0.15) is 33.6 Å². The van der Waals surface area contributed by atoms with Gasteiger partial charge >= 0.3 is 5.97 Å². The summed E-state index contributed by atoms with van der Waals surface area (Å²) in [4.78, 5) is 15.3. The molecule has 5 nitrogen and oxygen atoms in total. The van der Waals surface area contributed by atoms with Crippen molar-refractivity contribution in [1.82, 2.24) is 4.98 Å². The van der Waals surface area contributed by atoms with Crippen LogP contribution in [0.25, 0.3) is 0 Å². The number of nitrogens with zero attached hydrogens (tertiary/aromatic N) is 1. The largest absolute Gasteiger partial charge is 0.461 e. The number of carbonyl (C=O) groups excluding carboxylic acids is 1. The van der Waals surface area contributed by atoms with Crippen molar-refractivity contribution in [1.29, 1.82) is 0 Å². The molecule has 1 heterocycles. The number of ether oxygens (including phenoxy) is 2. The van der Waals surface area contributed by atoms with Gasteiger partial charge in [0, 0.05) is 0 Å².